The third-order valence-electron chi connectivity index (χ3n) is 3.38. The first-order valence-electron chi connectivity index (χ1n) is 7.69. The predicted octanol–water partition coefficient (Wildman–Crippen LogP) is 5.52. The first-order valence-corrected chi connectivity index (χ1v) is 8.51. The van der Waals surface area contributed by atoms with Crippen LogP contribution in [0.4, 0.5) is 31.5 Å². The van der Waals surface area contributed by atoms with E-state index >= 15 is 0 Å². The van der Waals surface area contributed by atoms with Gasteiger partial charge in [-0.3, -0.25) is 10.1 Å². The number of alkyl halides is 6. The van der Waals surface area contributed by atoms with Crippen LogP contribution in [0.3, 0.4) is 0 Å². The Kier molecular flexibility index (Phi) is 5.46. The molecule has 0 aliphatic heterocycles. The van der Waals surface area contributed by atoms with Gasteiger partial charge in [0.1, 0.15) is 16.5 Å². The second-order valence-electron chi connectivity index (χ2n) is 5.52. The molecule has 3 aromatic rings. The van der Waals surface area contributed by atoms with Gasteiger partial charge >= 0.3 is 18.3 Å². The zero-order valence-corrected chi connectivity index (χ0v) is 14.8. The molecule has 3 rings (SSSR count). The van der Waals surface area contributed by atoms with Crippen LogP contribution in [-0.2, 0) is 11.0 Å². The quantitative estimate of drug-likeness (QED) is 0.551. The van der Waals surface area contributed by atoms with Gasteiger partial charge in [0.2, 0.25) is 5.13 Å². The molecule has 0 unspecified atom stereocenters. The Morgan fingerprint density at radius 1 is 0.931 bits per heavy atom. The molecule has 5 nitrogen and oxygen atoms in total. The van der Waals surface area contributed by atoms with Crippen molar-refractivity contribution in [1.82, 2.24) is 10.2 Å². The molecule has 12 heteroatoms. The molecule has 1 heterocycles. The number of hydrogen-bond donors (Lipinski definition) is 1. The lowest BCUT2D eigenvalue weighted by Gasteiger charge is -2.10. The molecule has 0 aliphatic rings. The molecule has 2 aromatic carbocycles. The van der Waals surface area contributed by atoms with Gasteiger partial charge in [0, 0.05) is 5.56 Å². The van der Waals surface area contributed by atoms with Crippen molar-refractivity contribution in [2.75, 3.05) is 5.32 Å². The molecule has 0 radical (unpaired) electrons. The van der Waals surface area contributed by atoms with Crippen LogP contribution in [0, 0.1) is 0 Å². The van der Waals surface area contributed by atoms with E-state index in [2.05, 4.69) is 10.2 Å². The van der Waals surface area contributed by atoms with E-state index in [0.717, 1.165) is 12.1 Å². The number of benzene rings is 2. The average Bonchev–Trinajstić information content (AvgIpc) is 3.09. The van der Waals surface area contributed by atoms with Crippen molar-refractivity contribution in [3.05, 3.63) is 54.1 Å². The van der Waals surface area contributed by atoms with E-state index in [4.69, 9.17) is 4.74 Å². The summed E-state index contributed by atoms with van der Waals surface area (Å²) in [5.74, 6) is -2.05. The fourth-order valence-electron chi connectivity index (χ4n) is 2.12. The van der Waals surface area contributed by atoms with Crippen molar-refractivity contribution in [2.45, 2.75) is 12.4 Å². The minimum atomic E-state index is -5.06. The smallest absolute Gasteiger partial charge is 0.457 e. The summed E-state index contributed by atoms with van der Waals surface area (Å²) in [6.07, 6.45) is -9.59. The normalized spacial score (nSPS) is 11.9. The molecule has 0 saturated heterocycles. The predicted molar refractivity (Wildman–Crippen MR) is 91.5 cm³/mol. The average molecular weight is 433 g/mol. The summed E-state index contributed by atoms with van der Waals surface area (Å²) in [6, 6.07) is 10.3. The number of hydrogen-bond acceptors (Lipinski definition) is 5. The van der Waals surface area contributed by atoms with Crippen LogP contribution in [0.5, 0.6) is 11.5 Å². The minimum Gasteiger partial charge on any atom is -0.457 e. The molecule has 1 N–H and O–H groups in total. The summed E-state index contributed by atoms with van der Waals surface area (Å²) in [5.41, 5.74) is -0.486. The number of anilines is 1. The third-order valence-corrected chi connectivity index (χ3v) is 4.27. The van der Waals surface area contributed by atoms with Crippen LogP contribution < -0.4 is 10.1 Å². The molecule has 1 amide bonds. The lowest BCUT2D eigenvalue weighted by molar-refractivity contribution is -0.167. The molecule has 0 aliphatic carbocycles. The highest BCUT2D eigenvalue weighted by atomic mass is 32.1. The van der Waals surface area contributed by atoms with Gasteiger partial charge in [-0.25, -0.2) is 0 Å². The van der Waals surface area contributed by atoms with E-state index in [1.54, 1.807) is 11.4 Å². The van der Waals surface area contributed by atoms with Crippen LogP contribution in [0.2, 0.25) is 0 Å². The summed E-state index contributed by atoms with van der Waals surface area (Å²) >= 11 is 0.693. The van der Waals surface area contributed by atoms with Crippen molar-refractivity contribution in [3.63, 3.8) is 0 Å². The van der Waals surface area contributed by atoms with Crippen LogP contribution in [0.15, 0.2) is 48.5 Å². The van der Waals surface area contributed by atoms with Gasteiger partial charge in [0.15, 0.2) is 0 Å². The molecule has 0 spiro atoms. The van der Waals surface area contributed by atoms with E-state index in [1.165, 1.54) is 30.3 Å². The zero-order chi connectivity index (χ0) is 21.2. The fraction of sp³-hybridized carbons (Fsp3) is 0.118. The molecule has 0 bridgehead atoms. The topological polar surface area (TPSA) is 64.1 Å². The molecule has 152 valence electrons. The molecule has 0 atom stereocenters. The number of ether oxygens (including phenoxy) is 1. The molecular formula is C17H9F6N3O2S. The summed E-state index contributed by atoms with van der Waals surface area (Å²) in [4.78, 5) is 10.9. The summed E-state index contributed by atoms with van der Waals surface area (Å²) in [7, 11) is 0. The van der Waals surface area contributed by atoms with E-state index in [9.17, 15) is 31.1 Å². The maximum absolute atomic E-state index is 12.8. The number of nitrogens with zero attached hydrogens (tertiary/aromatic N) is 2. The lowest BCUT2D eigenvalue weighted by Crippen LogP contribution is -2.29. The van der Waals surface area contributed by atoms with E-state index in [-0.39, 0.29) is 21.6 Å². The van der Waals surface area contributed by atoms with E-state index in [0.29, 0.717) is 16.9 Å². The summed E-state index contributed by atoms with van der Waals surface area (Å²) in [6.45, 7) is 0. The highest BCUT2D eigenvalue weighted by molar-refractivity contribution is 7.18. The van der Waals surface area contributed by atoms with Crippen molar-refractivity contribution >= 4 is 22.4 Å². The molecule has 29 heavy (non-hydrogen) atoms. The monoisotopic (exact) mass is 433 g/mol. The number of amides is 1. The standard InChI is InChI=1S/C17H9F6N3O2S/c18-16(19,20)10-4-2-6-12(8-10)28-11-5-1-3-9(7-11)13-25-26-15(29-13)24-14(27)17(21,22)23/h1-8H,(H,24,26,27). The Morgan fingerprint density at radius 2 is 1.59 bits per heavy atom. The van der Waals surface area contributed by atoms with Crippen molar-refractivity contribution in [1.29, 1.82) is 0 Å². The second-order valence-corrected chi connectivity index (χ2v) is 6.50. The van der Waals surface area contributed by atoms with Crippen LogP contribution in [0.1, 0.15) is 5.56 Å². The van der Waals surface area contributed by atoms with Gasteiger partial charge < -0.3 is 4.74 Å². The largest absolute Gasteiger partial charge is 0.471 e. The molecule has 0 fully saturated rings. The number of rotatable bonds is 4. The van der Waals surface area contributed by atoms with Gasteiger partial charge in [0.25, 0.3) is 0 Å². The Balaban J connectivity index is 1.78. The summed E-state index contributed by atoms with van der Waals surface area (Å²) in [5, 5.41) is 8.58. The van der Waals surface area contributed by atoms with Gasteiger partial charge in [-0.2, -0.15) is 26.3 Å². The van der Waals surface area contributed by atoms with Gasteiger partial charge in [0.05, 0.1) is 5.56 Å². The molecular weight excluding hydrogens is 424 g/mol. The highest BCUT2D eigenvalue weighted by Gasteiger charge is 2.39. The SMILES string of the molecule is O=C(Nc1nnc(-c2cccc(Oc3cccc(C(F)(F)F)c3)c2)s1)C(F)(F)F. The maximum atomic E-state index is 12.8. The first-order chi connectivity index (χ1) is 13.5. The van der Waals surface area contributed by atoms with Crippen LogP contribution in [-0.4, -0.2) is 22.3 Å². The maximum Gasteiger partial charge on any atom is 0.471 e. The first kappa shape index (κ1) is 20.6. The third kappa shape index (κ3) is 5.22. The van der Waals surface area contributed by atoms with Gasteiger partial charge in [-0.15, -0.1) is 10.2 Å². The number of halogens is 6. The zero-order valence-electron chi connectivity index (χ0n) is 14.0. The van der Waals surface area contributed by atoms with Crippen LogP contribution >= 0.6 is 11.3 Å². The highest BCUT2D eigenvalue weighted by Crippen LogP contribution is 2.34. The van der Waals surface area contributed by atoms with E-state index < -0.39 is 23.8 Å². The van der Waals surface area contributed by atoms with Gasteiger partial charge in [-0.05, 0) is 30.3 Å². The number of nitrogens with one attached hydrogen (secondary N) is 1. The molecule has 0 saturated carbocycles. The second kappa shape index (κ2) is 7.70. The Bertz CT molecular complexity index is 1030. The van der Waals surface area contributed by atoms with Gasteiger partial charge in [-0.1, -0.05) is 29.5 Å². The Hall–Kier alpha value is -3.15. The number of carbonyl (C=O) groups is 1. The summed E-state index contributed by atoms with van der Waals surface area (Å²) < 4.78 is 80.6. The van der Waals surface area contributed by atoms with Crippen LogP contribution in [0.25, 0.3) is 10.6 Å². The Morgan fingerprint density at radius 3 is 2.24 bits per heavy atom. The van der Waals surface area contributed by atoms with Crippen molar-refractivity contribution in [3.8, 4) is 22.1 Å². The lowest BCUT2D eigenvalue weighted by atomic mass is 10.2. The molecule has 1 aromatic heterocycles. The van der Waals surface area contributed by atoms with E-state index in [1.807, 2.05) is 0 Å². The minimum absolute atomic E-state index is 0.0487. The van der Waals surface area contributed by atoms with Crippen molar-refractivity contribution < 1.29 is 35.9 Å². The Labute approximate surface area is 163 Å². The number of aromatic nitrogens is 2. The van der Waals surface area contributed by atoms with Crippen molar-refractivity contribution in [2.24, 2.45) is 0 Å². The number of carbonyl (C=O) groups excluding carboxylic acids is 1. The fourth-order valence-corrected chi connectivity index (χ4v) is 2.86.